The Bertz CT molecular complexity index is 333. The summed E-state index contributed by atoms with van der Waals surface area (Å²) in [6.45, 7) is 1.69. The van der Waals surface area contributed by atoms with Crippen molar-refractivity contribution in [3.63, 3.8) is 0 Å². The van der Waals surface area contributed by atoms with E-state index in [4.69, 9.17) is 4.74 Å². The van der Waals surface area contributed by atoms with E-state index in [1.165, 1.54) is 32.1 Å². The Labute approximate surface area is 109 Å². The van der Waals surface area contributed by atoms with Crippen molar-refractivity contribution in [1.29, 1.82) is 0 Å². The minimum absolute atomic E-state index is 0.567. The maximum atomic E-state index is 5.59. The van der Waals surface area contributed by atoms with Crippen LogP contribution >= 0.6 is 0 Å². The lowest BCUT2D eigenvalue weighted by atomic mass is 9.89. The van der Waals surface area contributed by atoms with Crippen molar-refractivity contribution in [3.8, 4) is 5.75 Å². The summed E-state index contributed by atoms with van der Waals surface area (Å²) in [4.78, 5) is 8.90. The molecular formula is C14H23N3O. The van der Waals surface area contributed by atoms with Gasteiger partial charge in [0, 0.05) is 5.92 Å². The van der Waals surface area contributed by atoms with Crippen molar-refractivity contribution < 1.29 is 4.74 Å². The van der Waals surface area contributed by atoms with Gasteiger partial charge in [0.15, 0.2) is 5.75 Å². The summed E-state index contributed by atoms with van der Waals surface area (Å²) in [5.41, 5.74) is 0. The second kappa shape index (κ2) is 7.31. The smallest absolute Gasteiger partial charge is 0.155 e. The second-order valence-electron chi connectivity index (χ2n) is 4.92. The van der Waals surface area contributed by atoms with E-state index in [9.17, 15) is 0 Å². The molecule has 1 aliphatic rings. The highest BCUT2D eigenvalue weighted by Gasteiger charge is 2.17. The molecule has 0 aliphatic heterocycles. The molecule has 100 valence electrons. The van der Waals surface area contributed by atoms with E-state index in [1.54, 1.807) is 0 Å². The van der Waals surface area contributed by atoms with Gasteiger partial charge < -0.3 is 10.1 Å². The standard InChI is InChI=1S/C14H23N3O/c1-15-8-5-9-18-13-10-16-14(17-11-13)12-6-3-2-4-7-12/h10-12,15H,2-9H2,1H3. The van der Waals surface area contributed by atoms with Crippen LogP contribution < -0.4 is 10.1 Å². The Morgan fingerprint density at radius 1 is 1.22 bits per heavy atom. The summed E-state index contributed by atoms with van der Waals surface area (Å²) < 4.78 is 5.59. The highest BCUT2D eigenvalue weighted by atomic mass is 16.5. The zero-order valence-corrected chi connectivity index (χ0v) is 11.2. The van der Waals surface area contributed by atoms with Gasteiger partial charge in [-0.1, -0.05) is 19.3 Å². The molecule has 0 bridgehead atoms. The van der Waals surface area contributed by atoms with Gasteiger partial charge in [0.2, 0.25) is 0 Å². The van der Waals surface area contributed by atoms with E-state index in [0.29, 0.717) is 12.5 Å². The monoisotopic (exact) mass is 249 g/mol. The van der Waals surface area contributed by atoms with Gasteiger partial charge >= 0.3 is 0 Å². The second-order valence-corrected chi connectivity index (χ2v) is 4.92. The van der Waals surface area contributed by atoms with Crippen LogP contribution in [0.25, 0.3) is 0 Å². The minimum atomic E-state index is 0.567. The normalized spacial score (nSPS) is 16.7. The molecule has 4 nitrogen and oxygen atoms in total. The van der Waals surface area contributed by atoms with E-state index in [2.05, 4.69) is 15.3 Å². The first-order valence-corrected chi connectivity index (χ1v) is 6.99. The first kappa shape index (κ1) is 13.3. The van der Waals surface area contributed by atoms with Gasteiger partial charge in [-0.3, -0.25) is 0 Å². The number of ether oxygens (including phenoxy) is 1. The number of hydrogen-bond donors (Lipinski definition) is 1. The van der Waals surface area contributed by atoms with Crippen LogP contribution in [0.1, 0.15) is 50.3 Å². The van der Waals surface area contributed by atoms with Crippen molar-refractivity contribution in [2.45, 2.75) is 44.4 Å². The summed E-state index contributed by atoms with van der Waals surface area (Å²) >= 11 is 0. The van der Waals surface area contributed by atoms with Gasteiger partial charge in [0.25, 0.3) is 0 Å². The molecule has 1 aromatic rings. The van der Waals surface area contributed by atoms with Crippen LogP contribution in [0.5, 0.6) is 5.75 Å². The van der Waals surface area contributed by atoms with E-state index in [-0.39, 0.29) is 0 Å². The molecule has 1 heterocycles. The van der Waals surface area contributed by atoms with Crippen molar-refractivity contribution in [2.75, 3.05) is 20.2 Å². The minimum Gasteiger partial charge on any atom is -0.490 e. The largest absolute Gasteiger partial charge is 0.490 e. The fourth-order valence-corrected chi connectivity index (χ4v) is 2.41. The molecule has 2 rings (SSSR count). The van der Waals surface area contributed by atoms with E-state index in [1.807, 2.05) is 19.4 Å². The zero-order chi connectivity index (χ0) is 12.6. The fraction of sp³-hybridized carbons (Fsp3) is 0.714. The third kappa shape index (κ3) is 3.95. The Hall–Kier alpha value is -1.16. The van der Waals surface area contributed by atoms with Crippen LogP contribution in [0.4, 0.5) is 0 Å². The van der Waals surface area contributed by atoms with Gasteiger partial charge in [-0.15, -0.1) is 0 Å². The third-order valence-electron chi connectivity index (χ3n) is 3.46. The molecule has 0 radical (unpaired) electrons. The van der Waals surface area contributed by atoms with Gasteiger partial charge in [0.05, 0.1) is 19.0 Å². The number of hydrogen-bond acceptors (Lipinski definition) is 4. The summed E-state index contributed by atoms with van der Waals surface area (Å²) in [7, 11) is 1.95. The quantitative estimate of drug-likeness (QED) is 0.787. The highest BCUT2D eigenvalue weighted by molar-refractivity contribution is 5.13. The predicted octanol–water partition coefficient (Wildman–Crippen LogP) is 2.51. The first-order valence-electron chi connectivity index (χ1n) is 6.99. The Morgan fingerprint density at radius 2 is 1.94 bits per heavy atom. The summed E-state index contributed by atoms with van der Waals surface area (Å²) in [6, 6.07) is 0. The molecule has 1 fully saturated rings. The average molecular weight is 249 g/mol. The van der Waals surface area contributed by atoms with Crippen LogP contribution in [0.15, 0.2) is 12.4 Å². The van der Waals surface area contributed by atoms with E-state index < -0.39 is 0 Å². The molecule has 1 aliphatic carbocycles. The molecule has 4 heteroatoms. The SMILES string of the molecule is CNCCCOc1cnc(C2CCCCC2)nc1. The lowest BCUT2D eigenvalue weighted by Gasteiger charge is -2.19. The van der Waals surface area contributed by atoms with Crippen LogP contribution in [0, 0.1) is 0 Å². The molecule has 1 N–H and O–H groups in total. The highest BCUT2D eigenvalue weighted by Crippen LogP contribution is 2.30. The van der Waals surface area contributed by atoms with Crippen molar-refractivity contribution in [3.05, 3.63) is 18.2 Å². The molecule has 0 atom stereocenters. The summed E-state index contributed by atoms with van der Waals surface area (Å²) in [5, 5.41) is 3.09. The molecule has 0 unspecified atom stereocenters. The molecular weight excluding hydrogens is 226 g/mol. The Balaban J connectivity index is 1.81. The third-order valence-corrected chi connectivity index (χ3v) is 3.46. The van der Waals surface area contributed by atoms with Crippen LogP contribution in [0.2, 0.25) is 0 Å². The van der Waals surface area contributed by atoms with Crippen molar-refractivity contribution in [1.82, 2.24) is 15.3 Å². The molecule has 0 aromatic carbocycles. The maximum Gasteiger partial charge on any atom is 0.155 e. The number of nitrogens with one attached hydrogen (secondary N) is 1. The lowest BCUT2D eigenvalue weighted by Crippen LogP contribution is -2.12. The lowest BCUT2D eigenvalue weighted by molar-refractivity contribution is 0.306. The number of aromatic nitrogens is 2. The summed E-state index contributed by atoms with van der Waals surface area (Å²) in [5.74, 6) is 2.35. The molecule has 1 aromatic heterocycles. The summed E-state index contributed by atoms with van der Waals surface area (Å²) in [6.07, 6.45) is 11.1. The first-order chi connectivity index (χ1) is 8.90. The van der Waals surface area contributed by atoms with Crippen LogP contribution in [0.3, 0.4) is 0 Å². The molecule has 0 spiro atoms. The maximum absolute atomic E-state index is 5.59. The zero-order valence-electron chi connectivity index (χ0n) is 11.2. The topological polar surface area (TPSA) is 47.0 Å². The predicted molar refractivity (Wildman–Crippen MR) is 71.9 cm³/mol. The molecule has 18 heavy (non-hydrogen) atoms. The van der Waals surface area contributed by atoms with Gasteiger partial charge in [-0.2, -0.15) is 0 Å². The van der Waals surface area contributed by atoms with Gasteiger partial charge in [0.1, 0.15) is 5.82 Å². The Kier molecular flexibility index (Phi) is 5.39. The molecule has 1 saturated carbocycles. The molecule has 0 saturated heterocycles. The number of rotatable bonds is 6. The number of nitrogens with zero attached hydrogens (tertiary/aromatic N) is 2. The van der Waals surface area contributed by atoms with Crippen molar-refractivity contribution in [2.24, 2.45) is 0 Å². The Morgan fingerprint density at radius 3 is 2.61 bits per heavy atom. The van der Waals surface area contributed by atoms with Crippen molar-refractivity contribution >= 4 is 0 Å². The van der Waals surface area contributed by atoms with Crippen LogP contribution in [-0.4, -0.2) is 30.2 Å². The van der Waals surface area contributed by atoms with E-state index in [0.717, 1.165) is 24.5 Å². The average Bonchev–Trinajstić information content (AvgIpc) is 2.45. The van der Waals surface area contributed by atoms with Crippen LogP contribution in [-0.2, 0) is 0 Å². The molecule has 0 amide bonds. The van der Waals surface area contributed by atoms with Gasteiger partial charge in [-0.25, -0.2) is 9.97 Å². The fourth-order valence-electron chi connectivity index (χ4n) is 2.41. The van der Waals surface area contributed by atoms with E-state index >= 15 is 0 Å². The van der Waals surface area contributed by atoms with Gasteiger partial charge in [-0.05, 0) is 32.9 Å².